The zero-order valence-electron chi connectivity index (χ0n) is 13.9. The number of carbonyl (C=O) groups excluding carboxylic acids is 1. The molecule has 0 unspecified atom stereocenters. The first-order chi connectivity index (χ1) is 11.7. The lowest BCUT2D eigenvalue weighted by atomic mass is 10.2. The number of aryl methyl sites for hydroxylation is 1. The molecule has 5 heteroatoms. The van der Waals surface area contributed by atoms with Crippen LogP contribution in [0.3, 0.4) is 0 Å². The zero-order valence-corrected chi connectivity index (χ0v) is 13.9. The minimum Gasteiger partial charge on any atom is -0.497 e. The second kappa shape index (κ2) is 7.17. The quantitative estimate of drug-likeness (QED) is 0.653. The van der Waals surface area contributed by atoms with Gasteiger partial charge in [0.2, 0.25) is 0 Å². The van der Waals surface area contributed by atoms with Gasteiger partial charge in [0.05, 0.1) is 31.7 Å². The summed E-state index contributed by atoms with van der Waals surface area (Å²) in [6.45, 7) is 0.695. The van der Waals surface area contributed by atoms with Crippen LogP contribution in [0.1, 0.15) is 17.8 Å². The second-order valence-corrected chi connectivity index (χ2v) is 5.53. The highest BCUT2D eigenvalue weighted by atomic mass is 16.5. The molecule has 1 heterocycles. The molecule has 3 aromatic rings. The Labute approximate surface area is 140 Å². The molecule has 0 aliphatic heterocycles. The van der Waals surface area contributed by atoms with E-state index in [1.165, 1.54) is 12.7 Å². The summed E-state index contributed by atoms with van der Waals surface area (Å²) < 4.78 is 12.2. The molecule has 124 valence electrons. The predicted molar refractivity (Wildman–Crippen MR) is 92.2 cm³/mol. The summed E-state index contributed by atoms with van der Waals surface area (Å²) in [5, 5.41) is 0. The van der Waals surface area contributed by atoms with Crippen LogP contribution in [0.15, 0.2) is 48.5 Å². The first-order valence-electron chi connectivity index (χ1n) is 7.85. The van der Waals surface area contributed by atoms with E-state index in [9.17, 15) is 4.79 Å². The Kier molecular flexibility index (Phi) is 4.79. The van der Waals surface area contributed by atoms with E-state index in [0.717, 1.165) is 22.6 Å². The van der Waals surface area contributed by atoms with Crippen LogP contribution in [-0.4, -0.2) is 29.7 Å². The highest BCUT2D eigenvalue weighted by Gasteiger charge is 2.14. The van der Waals surface area contributed by atoms with Gasteiger partial charge in [0.1, 0.15) is 11.6 Å². The summed E-state index contributed by atoms with van der Waals surface area (Å²) in [4.78, 5) is 16.2. The summed E-state index contributed by atoms with van der Waals surface area (Å²) in [5.41, 5.74) is 3.07. The van der Waals surface area contributed by atoms with Crippen LogP contribution >= 0.6 is 0 Å². The van der Waals surface area contributed by atoms with Gasteiger partial charge in [0.25, 0.3) is 0 Å². The van der Waals surface area contributed by atoms with Crippen molar-refractivity contribution in [2.75, 3.05) is 14.2 Å². The smallest absolute Gasteiger partial charge is 0.305 e. The number of esters is 1. The van der Waals surface area contributed by atoms with Crippen LogP contribution in [0.4, 0.5) is 0 Å². The number of benzene rings is 2. The highest BCUT2D eigenvalue weighted by Crippen LogP contribution is 2.24. The Morgan fingerprint density at radius 2 is 1.92 bits per heavy atom. The third kappa shape index (κ3) is 3.40. The van der Waals surface area contributed by atoms with Gasteiger partial charge in [-0.05, 0) is 17.7 Å². The van der Waals surface area contributed by atoms with Gasteiger partial charge >= 0.3 is 5.97 Å². The van der Waals surface area contributed by atoms with E-state index in [-0.39, 0.29) is 5.97 Å². The Bertz CT molecular complexity index is 840. The van der Waals surface area contributed by atoms with Gasteiger partial charge in [-0.25, -0.2) is 4.98 Å². The minimum atomic E-state index is -0.231. The Morgan fingerprint density at radius 1 is 1.12 bits per heavy atom. The molecule has 0 saturated heterocycles. The molecule has 0 aliphatic carbocycles. The van der Waals surface area contributed by atoms with Crippen molar-refractivity contribution in [3.63, 3.8) is 0 Å². The molecule has 0 N–H and O–H groups in total. The number of rotatable bonds is 6. The molecule has 2 aromatic carbocycles. The van der Waals surface area contributed by atoms with E-state index in [0.29, 0.717) is 19.4 Å². The normalized spacial score (nSPS) is 10.8. The molecule has 24 heavy (non-hydrogen) atoms. The van der Waals surface area contributed by atoms with Crippen molar-refractivity contribution in [2.45, 2.75) is 19.4 Å². The lowest BCUT2D eigenvalue weighted by Crippen LogP contribution is -2.09. The van der Waals surface area contributed by atoms with Gasteiger partial charge in [-0.2, -0.15) is 0 Å². The molecular formula is C19H20N2O3. The maximum absolute atomic E-state index is 11.5. The van der Waals surface area contributed by atoms with Crippen molar-refractivity contribution in [3.05, 3.63) is 59.9 Å². The number of carbonyl (C=O) groups is 1. The molecule has 1 aromatic heterocycles. The summed E-state index contributed by atoms with van der Waals surface area (Å²) in [6.07, 6.45) is 0.849. The van der Waals surface area contributed by atoms with E-state index in [1.807, 2.05) is 36.4 Å². The number of hydrogen-bond donors (Lipinski definition) is 0. The summed E-state index contributed by atoms with van der Waals surface area (Å²) >= 11 is 0. The highest BCUT2D eigenvalue weighted by molar-refractivity contribution is 5.78. The largest absolute Gasteiger partial charge is 0.497 e. The van der Waals surface area contributed by atoms with Crippen LogP contribution in [-0.2, 0) is 22.5 Å². The van der Waals surface area contributed by atoms with E-state index < -0.39 is 0 Å². The van der Waals surface area contributed by atoms with Crippen molar-refractivity contribution < 1.29 is 14.3 Å². The van der Waals surface area contributed by atoms with Gasteiger partial charge < -0.3 is 14.0 Å². The average Bonchev–Trinajstić information content (AvgIpc) is 2.97. The third-order valence-electron chi connectivity index (χ3n) is 4.00. The monoisotopic (exact) mass is 324 g/mol. The van der Waals surface area contributed by atoms with Crippen LogP contribution in [0.25, 0.3) is 11.0 Å². The van der Waals surface area contributed by atoms with Crippen molar-refractivity contribution >= 4 is 17.0 Å². The van der Waals surface area contributed by atoms with Crippen LogP contribution in [0.5, 0.6) is 5.75 Å². The fourth-order valence-corrected chi connectivity index (χ4v) is 2.73. The van der Waals surface area contributed by atoms with Gasteiger partial charge in [0, 0.05) is 19.0 Å². The lowest BCUT2D eigenvalue weighted by Gasteiger charge is -2.10. The molecule has 0 bridgehead atoms. The van der Waals surface area contributed by atoms with Crippen LogP contribution in [0, 0.1) is 0 Å². The fourth-order valence-electron chi connectivity index (χ4n) is 2.73. The van der Waals surface area contributed by atoms with Gasteiger partial charge in [0.15, 0.2) is 0 Å². The standard InChI is InChI=1S/C19H20N2O3/c1-23-15-8-9-16-17(12-15)21(13-14-6-4-3-5-7-14)18(20-16)10-11-19(22)24-2/h3-9,12H,10-11,13H2,1-2H3. The molecule has 0 radical (unpaired) electrons. The molecular weight excluding hydrogens is 304 g/mol. The molecule has 0 spiro atoms. The number of fused-ring (bicyclic) bond motifs is 1. The molecule has 0 fully saturated rings. The van der Waals surface area contributed by atoms with Crippen LogP contribution < -0.4 is 4.74 Å². The third-order valence-corrected chi connectivity index (χ3v) is 4.00. The van der Waals surface area contributed by atoms with E-state index in [4.69, 9.17) is 14.5 Å². The molecule has 0 amide bonds. The minimum absolute atomic E-state index is 0.231. The maximum Gasteiger partial charge on any atom is 0.305 e. The second-order valence-electron chi connectivity index (χ2n) is 5.53. The number of ether oxygens (including phenoxy) is 2. The first-order valence-corrected chi connectivity index (χ1v) is 7.85. The molecule has 0 aliphatic rings. The van der Waals surface area contributed by atoms with Crippen molar-refractivity contribution in [2.24, 2.45) is 0 Å². The van der Waals surface area contributed by atoms with Crippen LogP contribution in [0.2, 0.25) is 0 Å². The van der Waals surface area contributed by atoms with Gasteiger partial charge in [-0.1, -0.05) is 30.3 Å². The Morgan fingerprint density at radius 3 is 2.62 bits per heavy atom. The number of imidazole rings is 1. The molecule has 5 nitrogen and oxygen atoms in total. The average molecular weight is 324 g/mol. The SMILES string of the molecule is COC(=O)CCc1nc2ccc(OC)cc2n1Cc1ccccc1. The molecule has 0 atom stereocenters. The summed E-state index contributed by atoms with van der Waals surface area (Å²) in [6, 6.07) is 16.0. The van der Waals surface area contributed by atoms with E-state index >= 15 is 0 Å². The zero-order chi connectivity index (χ0) is 16.9. The molecule has 3 rings (SSSR count). The lowest BCUT2D eigenvalue weighted by molar-refractivity contribution is -0.140. The number of methoxy groups -OCH3 is 2. The number of aromatic nitrogens is 2. The summed E-state index contributed by atoms with van der Waals surface area (Å²) in [5.74, 6) is 1.43. The predicted octanol–water partition coefficient (Wildman–Crippen LogP) is 3.20. The Balaban J connectivity index is 2.01. The van der Waals surface area contributed by atoms with Crippen molar-refractivity contribution in [1.82, 2.24) is 9.55 Å². The van der Waals surface area contributed by atoms with E-state index in [2.05, 4.69) is 16.7 Å². The Hall–Kier alpha value is -2.82. The van der Waals surface area contributed by atoms with Gasteiger partial charge in [-0.3, -0.25) is 4.79 Å². The summed E-state index contributed by atoms with van der Waals surface area (Å²) in [7, 11) is 3.05. The van der Waals surface area contributed by atoms with E-state index in [1.54, 1.807) is 7.11 Å². The first kappa shape index (κ1) is 16.1. The van der Waals surface area contributed by atoms with Crippen molar-refractivity contribution in [3.8, 4) is 5.75 Å². The molecule has 0 saturated carbocycles. The number of nitrogens with zero attached hydrogens (tertiary/aromatic N) is 2. The maximum atomic E-state index is 11.5. The van der Waals surface area contributed by atoms with Gasteiger partial charge in [-0.15, -0.1) is 0 Å². The number of hydrogen-bond acceptors (Lipinski definition) is 4. The topological polar surface area (TPSA) is 53.4 Å². The fraction of sp³-hybridized carbons (Fsp3) is 0.263. The van der Waals surface area contributed by atoms with Crippen molar-refractivity contribution in [1.29, 1.82) is 0 Å².